The molecule has 1 fully saturated rings. The van der Waals surface area contributed by atoms with Gasteiger partial charge in [0.25, 0.3) is 0 Å². The first-order valence-corrected chi connectivity index (χ1v) is 2.91. The van der Waals surface area contributed by atoms with E-state index >= 15 is 0 Å². The van der Waals surface area contributed by atoms with Crippen molar-refractivity contribution in [1.29, 1.82) is 0 Å². The molecule has 4 radical (unpaired) electrons. The molecule has 1 rings (SSSR count). The van der Waals surface area contributed by atoms with Crippen molar-refractivity contribution in [2.24, 2.45) is 0 Å². The van der Waals surface area contributed by atoms with E-state index in [2.05, 4.69) is 15.5 Å². The Balaban J connectivity index is 0.000000222. The van der Waals surface area contributed by atoms with Crippen LogP contribution in [0.5, 0.6) is 0 Å². The lowest BCUT2D eigenvalue weighted by Gasteiger charge is -1.91. The van der Waals surface area contributed by atoms with E-state index in [9.17, 15) is 0 Å². The SMILES string of the molecule is OC1CCCC1.[B][B]. The van der Waals surface area contributed by atoms with Gasteiger partial charge in [-0.15, -0.1) is 0 Å². The summed E-state index contributed by atoms with van der Waals surface area (Å²) in [5.41, 5.74) is 0. The highest BCUT2D eigenvalue weighted by Crippen LogP contribution is 2.16. The first-order chi connectivity index (χ1) is 3.89. The average molecular weight is 108 g/mol. The number of hydrogen-bond donors (Lipinski definition) is 1. The number of aliphatic hydroxyl groups is 1. The van der Waals surface area contributed by atoms with Gasteiger partial charge in [-0.2, -0.15) is 0 Å². The van der Waals surface area contributed by atoms with Crippen LogP contribution in [0.2, 0.25) is 0 Å². The summed E-state index contributed by atoms with van der Waals surface area (Å²) in [6.45, 7) is 0. The minimum atomic E-state index is 0.0463. The van der Waals surface area contributed by atoms with Gasteiger partial charge >= 0.3 is 0 Å². The van der Waals surface area contributed by atoms with Gasteiger partial charge in [-0.05, 0) is 12.8 Å². The molecule has 42 valence electrons. The predicted octanol–water partition coefficient (Wildman–Crippen LogP) is 0.160. The largest absolute Gasteiger partial charge is 0.393 e. The monoisotopic (exact) mass is 108 g/mol. The molecule has 1 aliphatic carbocycles. The highest BCUT2D eigenvalue weighted by molar-refractivity contribution is 6.75. The van der Waals surface area contributed by atoms with Crippen molar-refractivity contribution in [2.45, 2.75) is 31.8 Å². The van der Waals surface area contributed by atoms with Crippen LogP contribution in [0, 0.1) is 0 Å². The summed E-state index contributed by atoms with van der Waals surface area (Å²) in [7, 11) is 8.00. The highest BCUT2D eigenvalue weighted by Gasteiger charge is 2.09. The van der Waals surface area contributed by atoms with E-state index in [-0.39, 0.29) is 6.10 Å². The van der Waals surface area contributed by atoms with Gasteiger partial charge < -0.3 is 5.11 Å². The minimum Gasteiger partial charge on any atom is -0.393 e. The van der Waals surface area contributed by atoms with Crippen molar-refractivity contribution in [1.82, 2.24) is 0 Å². The summed E-state index contributed by atoms with van der Waals surface area (Å²) in [6.07, 6.45) is 4.60. The Bertz CT molecular complexity index is 43.7. The number of aliphatic hydroxyl groups excluding tert-OH is 1. The molecule has 0 saturated heterocycles. The molecule has 0 unspecified atom stereocenters. The van der Waals surface area contributed by atoms with Gasteiger partial charge in [-0.25, -0.2) is 0 Å². The van der Waals surface area contributed by atoms with Gasteiger partial charge in [0.2, 0.25) is 0 Å². The molecule has 1 nitrogen and oxygen atoms in total. The fourth-order valence-corrected chi connectivity index (χ4v) is 0.904. The summed E-state index contributed by atoms with van der Waals surface area (Å²) < 4.78 is 0. The highest BCUT2D eigenvalue weighted by atomic mass is 16.3. The summed E-state index contributed by atoms with van der Waals surface area (Å²) in [5, 5.41) is 8.73. The fraction of sp³-hybridized carbons (Fsp3) is 1.00. The molecule has 0 amide bonds. The normalized spacial score (nSPS) is 19.6. The second-order valence-corrected chi connectivity index (χ2v) is 1.94. The molecule has 0 aromatic rings. The van der Waals surface area contributed by atoms with E-state index in [1.54, 1.807) is 0 Å². The van der Waals surface area contributed by atoms with Gasteiger partial charge in [-0.3, -0.25) is 0 Å². The summed E-state index contributed by atoms with van der Waals surface area (Å²) in [5.74, 6) is 0. The van der Waals surface area contributed by atoms with E-state index in [0.717, 1.165) is 12.8 Å². The molecule has 0 aliphatic heterocycles. The van der Waals surface area contributed by atoms with Gasteiger partial charge in [0.1, 0.15) is 0 Å². The molecule has 1 N–H and O–H groups in total. The zero-order chi connectivity index (χ0) is 6.41. The Morgan fingerprint density at radius 2 is 1.50 bits per heavy atom. The lowest BCUT2D eigenvalue weighted by molar-refractivity contribution is 0.183. The zero-order valence-corrected chi connectivity index (χ0v) is 5.01. The summed E-state index contributed by atoms with van der Waals surface area (Å²) >= 11 is 0. The van der Waals surface area contributed by atoms with Crippen molar-refractivity contribution >= 4 is 15.5 Å². The van der Waals surface area contributed by atoms with Gasteiger partial charge in [0.05, 0.1) is 6.10 Å². The molecule has 1 aliphatic rings. The predicted molar refractivity (Wildman–Crippen MR) is 36.0 cm³/mol. The third-order valence-electron chi connectivity index (χ3n) is 1.32. The van der Waals surface area contributed by atoms with Crippen molar-refractivity contribution in [2.75, 3.05) is 0 Å². The maximum absolute atomic E-state index is 8.73. The molecule has 0 bridgehead atoms. The molecular formula is C5H10B2O. The summed E-state index contributed by atoms with van der Waals surface area (Å²) in [4.78, 5) is 0. The van der Waals surface area contributed by atoms with Gasteiger partial charge in [0, 0.05) is 15.5 Å². The molecule has 0 heterocycles. The van der Waals surface area contributed by atoms with Crippen molar-refractivity contribution in [3.05, 3.63) is 0 Å². The van der Waals surface area contributed by atoms with E-state index in [1.807, 2.05) is 0 Å². The molecular weight excluding hydrogens is 97.7 g/mol. The average Bonchev–Trinajstić information content (AvgIpc) is 2.24. The standard InChI is InChI=1S/C5H10O.B2/c6-5-3-1-2-4-5;1-2/h5-6H,1-4H2;. The van der Waals surface area contributed by atoms with E-state index in [1.165, 1.54) is 12.8 Å². The molecule has 0 aromatic heterocycles. The molecule has 3 heteroatoms. The first-order valence-electron chi connectivity index (χ1n) is 2.91. The van der Waals surface area contributed by atoms with Crippen LogP contribution in [0.4, 0.5) is 0 Å². The Kier molecular flexibility index (Phi) is 5.29. The Morgan fingerprint density at radius 3 is 1.62 bits per heavy atom. The van der Waals surface area contributed by atoms with Crippen LogP contribution in [0.1, 0.15) is 25.7 Å². The van der Waals surface area contributed by atoms with Gasteiger partial charge in [0.15, 0.2) is 0 Å². The van der Waals surface area contributed by atoms with Crippen LogP contribution in [0.3, 0.4) is 0 Å². The van der Waals surface area contributed by atoms with Crippen LogP contribution in [-0.4, -0.2) is 26.7 Å². The van der Waals surface area contributed by atoms with E-state index in [0.29, 0.717) is 0 Å². The van der Waals surface area contributed by atoms with Crippen LogP contribution in [0.15, 0.2) is 0 Å². The van der Waals surface area contributed by atoms with Gasteiger partial charge in [-0.1, -0.05) is 12.8 Å². The Hall–Kier alpha value is 0.0899. The lowest BCUT2D eigenvalue weighted by Crippen LogP contribution is -1.94. The second kappa shape index (κ2) is 5.23. The van der Waals surface area contributed by atoms with Crippen LogP contribution in [0.25, 0.3) is 0 Å². The minimum absolute atomic E-state index is 0.0463. The van der Waals surface area contributed by atoms with E-state index < -0.39 is 0 Å². The smallest absolute Gasteiger partial charge is 0.0540 e. The molecule has 1 saturated carbocycles. The van der Waals surface area contributed by atoms with Crippen LogP contribution >= 0.6 is 0 Å². The maximum atomic E-state index is 8.73. The summed E-state index contributed by atoms with van der Waals surface area (Å²) in [6, 6.07) is 0. The Labute approximate surface area is 53.3 Å². The fourth-order valence-electron chi connectivity index (χ4n) is 0.904. The third kappa shape index (κ3) is 3.14. The topological polar surface area (TPSA) is 20.2 Å². The molecule has 0 spiro atoms. The second-order valence-electron chi connectivity index (χ2n) is 1.94. The Morgan fingerprint density at radius 1 is 1.12 bits per heavy atom. The molecule has 0 atom stereocenters. The third-order valence-corrected chi connectivity index (χ3v) is 1.32. The van der Waals surface area contributed by atoms with Crippen molar-refractivity contribution < 1.29 is 5.11 Å². The van der Waals surface area contributed by atoms with Crippen molar-refractivity contribution in [3.63, 3.8) is 0 Å². The first kappa shape index (κ1) is 8.09. The number of rotatable bonds is 0. The molecule has 0 aromatic carbocycles. The quantitative estimate of drug-likeness (QED) is 0.438. The van der Waals surface area contributed by atoms with E-state index in [4.69, 9.17) is 5.11 Å². The van der Waals surface area contributed by atoms with Crippen molar-refractivity contribution in [3.8, 4) is 0 Å². The van der Waals surface area contributed by atoms with Crippen LogP contribution in [-0.2, 0) is 0 Å². The van der Waals surface area contributed by atoms with Crippen LogP contribution < -0.4 is 0 Å². The molecule has 8 heavy (non-hydrogen) atoms. The number of hydrogen-bond acceptors (Lipinski definition) is 1. The maximum Gasteiger partial charge on any atom is 0.0540 e. The lowest BCUT2D eigenvalue weighted by atomic mass is 9.81. The zero-order valence-electron chi connectivity index (χ0n) is 5.01.